The van der Waals surface area contributed by atoms with Gasteiger partial charge < -0.3 is 5.11 Å². The molecule has 18 heavy (non-hydrogen) atoms. The molecule has 1 aliphatic carbocycles. The molecule has 0 aliphatic heterocycles. The SMILES string of the molecule is CCCN(CCC)C1Cc2ccccc2CC1O. The predicted molar refractivity (Wildman–Crippen MR) is 75.8 cm³/mol. The van der Waals surface area contributed by atoms with E-state index in [2.05, 4.69) is 43.0 Å². The third kappa shape index (κ3) is 2.93. The van der Waals surface area contributed by atoms with Gasteiger partial charge in [-0.25, -0.2) is 0 Å². The fraction of sp³-hybridized carbons (Fsp3) is 0.625. The molecule has 1 aromatic rings. The summed E-state index contributed by atoms with van der Waals surface area (Å²) in [6, 6.07) is 8.85. The molecule has 0 bridgehead atoms. The van der Waals surface area contributed by atoms with Crippen LogP contribution in [-0.4, -0.2) is 35.2 Å². The molecule has 0 heterocycles. The molecule has 2 heteroatoms. The number of hydrogen-bond acceptors (Lipinski definition) is 2. The summed E-state index contributed by atoms with van der Waals surface area (Å²) in [7, 11) is 0. The van der Waals surface area contributed by atoms with Crippen LogP contribution in [-0.2, 0) is 12.8 Å². The van der Waals surface area contributed by atoms with E-state index in [9.17, 15) is 5.11 Å². The van der Waals surface area contributed by atoms with Gasteiger partial charge in [-0.2, -0.15) is 0 Å². The molecule has 0 radical (unpaired) electrons. The van der Waals surface area contributed by atoms with Crippen molar-refractivity contribution in [1.82, 2.24) is 4.90 Å². The largest absolute Gasteiger partial charge is 0.391 e. The number of aliphatic hydroxyl groups is 1. The van der Waals surface area contributed by atoms with E-state index in [-0.39, 0.29) is 6.10 Å². The van der Waals surface area contributed by atoms with Gasteiger partial charge >= 0.3 is 0 Å². The Hall–Kier alpha value is -0.860. The van der Waals surface area contributed by atoms with Gasteiger partial charge in [-0.1, -0.05) is 38.1 Å². The van der Waals surface area contributed by atoms with Crippen molar-refractivity contribution in [3.63, 3.8) is 0 Å². The summed E-state index contributed by atoms with van der Waals surface area (Å²) in [4.78, 5) is 2.47. The first-order valence-electron chi connectivity index (χ1n) is 7.25. The van der Waals surface area contributed by atoms with E-state index in [1.807, 2.05) is 0 Å². The summed E-state index contributed by atoms with van der Waals surface area (Å²) in [5.74, 6) is 0. The van der Waals surface area contributed by atoms with Gasteiger partial charge in [0.2, 0.25) is 0 Å². The Kier molecular flexibility index (Phi) is 4.79. The number of aliphatic hydroxyl groups excluding tert-OH is 1. The van der Waals surface area contributed by atoms with E-state index in [4.69, 9.17) is 0 Å². The summed E-state index contributed by atoms with van der Waals surface area (Å²) in [5.41, 5.74) is 2.75. The van der Waals surface area contributed by atoms with Crippen LogP contribution in [0.3, 0.4) is 0 Å². The molecule has 0 fully saturated rings. The maximum atomic E-state index is 10.4. The van der Waals surface area contributed by atoms with Crippen LogP contribution in [0.25, 0.3) is 0 Å². The molecule has 1 N–H and O–H groups in total. The van der Waals surface area contributed by atoms with E-state index < -0.39 is 0 Å². The molecule has 0 saturated carbocycles. The van der Waals surface area contributed by atoms with Crippen molar-refractivity contribution in [1.29, 1.82) is 0 Å². The maximum absolute atomic E-state index is 10.4. The van der Waals surface area contributed by atoms with Crippen molar-refractivity contribution in [2.75, 3.05) is 13.1 Å². The summed E-state index contributed by atoms with van der Waals surface area (Å²) in [5, 5.41) is 10.4. The zero-order valence-corrected chi connectivity index (χ0v) is 11.6. The van der Waals surface area contributed by atoms with Crippen molar-refractivity contribution in [3.8, 4) is 0 Å². The van der Waals surface area contributed by atoms with E-state index in [1.54, 1.807) is 0 Å². The first-order valence-corrected chi connectivity index (χ1v) is 7.25. The first kappa shape index (κ1) is 13.6. The minimum Gasteiger partial charge on any atom is -0.391 e. The Bertz CT molecular complexity index is 371. The lowest BCUT2D eigenvalue weighted by atomic mass is 9.85. The summed E-state index contributed by atoms with van der Waals surface area (Å²) in [6.45, 7) is 6.62. The second-order valence-electron chi connectivity index (χ2n) is 5.35. The Morgan fingerprint density at radius 1 is 1.06 bits per heavy atom. The van der Waals surface area contributed by atoms with Crippen molar-refractivity contribution in [2.45, 2.75) is 51.7 Å². The quantitative estimate of drug-likeness (QED) is 0.864. The number of nitrogens with zero attached hydrogens (tertiary/aromatic N) is 1. The van der Waals surface area contributed by atoms with Crippen LogP contribution in [0.1, 0.15) is 37.8 Å². The summed E-state index contributed by atoms with van der Waals surface area (Å²) >= 11 is 0. The fourth-order valence-corrected chi connectivity index (χ4v) is 3.07. The van der Waals surface area contributed by atoms with Gasteiger partial charge in [0.15, 0.2) is 0 Å². The van der Waals surface area contributed by atoms with E-state index in [0.29, 0.717) is 6.04 Å². The average Bonchev–Trinajstić information content (AvgIpc) is 2.38. The highest BCUT2D eigenvalue weighted by Crippen LogP contribution is 2.25. The van der Waals surface area contributed by atoms with Gasteiger partial charge in [-0.05, 0) is 43.5 Å². The Morgan fingerprint density at radius 2 is 1.61 bits per heavy atom. The van der Waals surface area contributed by atoms with Gasteiger partial charge in [0, 0.05) is 12.5 Å². The van der Waals surface area contributed by atoms with E-state index in [1.165, 1.54) is 11.1 Å². The van der Waals surface area contributed by atoms with E-state index in [0.717, 1.165) is 38.8 Å². The molecular formula is C16H25NO. The second-order valence-corrected chi connectivity index (χ2v) is 5.35. The Labute approximate surface area is 111 Å². The van der Waals surface area contributed by atoms with Crippen LogP contribution in [0.5, 0.6) is 0 Å². The van der Waals surface area contributed by atoms with Gasteiger partial charge in [-0.15, -0.1) is 0 Å². The molecule has 2 unspecified atom stereocenters. The van der Waals surface area contributed by atoms with Gasteiger partial charge in [0.1, 0.15) is 0 Å². The molecule has 2 atom stereocenters. The standard InChI is InChI=1S/C16H25NO/c1-3-9-17(10-4-2)15-11-13-7-5-6-8-14(13)12-16(15)18/h5-8,15-16,18H,3-4,9-12H2,1-2H3. The van der Waals surface area contributed by atoms with E-state index >= 15 is 0 Å². The summed E-state index contributed by atoms with van der Waals surface area (Å²) < 4.78 is 0. The minimum atomic E-state index is -0.210. The highest BCUT2D eigenvalue weighted by atomic mass is 16.3. The van der Waals surface area contributed by atoms with Crippen LogP contribution < -0.4 is 0 Å². The van der Waals surface area contributed by atoms with Crippen LogP contribution in [0.4, 0.5) is 0 Å². The third-order valence-electron chi connectivity index (χ3n) is 3.91. The van der Waals surface area contributed by atoms with Crippen LogP contribution in [0.2, 0.25) is 0 Å². The molecule has 1 aliphatic rings. The average molecular weight is 247 g/mol. The number of fused-ring (bicyclic) bond motifs is 1. The molecule has 0 saturated heterocycles. The molecule has 1 aromatic carbocycles. The highest BCUT2D eigenvalue weighted by Gasteiger charge is 2.30. The lowest BCUT2D eigenvalue weighted by Crippen LogP contribution is -2.48. The van der Waals surface area contributed by atoms with Crippen molar-refractivity contribution in [3.05, 3.63) is 35.4 Å². The monoisotopic (exact) mass is 247 g/mol. The molecule has 2 nitrogen and oxygen atoms in total. The zero-order chi connectivity index (χ0) is 13.0. The van der Waals surface area contributed by atoms with Crippen molar-refractivity contribution in [2.24, 2.45) is 0 Å². The normalized spacial score (nSPS) is 23.1. The second kappa shape index (κ2) is 6.35. The van der Waals surface area contributed by atoms with Crippen molar-refractivity contribution < 1.29 is 5.11 Å². The summed E-state index contributed by atoms with van der Waals surface area (Å²) in [6.07, 6.45) is 3.91. The molecule has 0 spiro atoms. The van der Waals surface area contributed by atoms with Crippen LogP contribution in [0, 0.1) is 0 Å². The van der Waals surface area contributed by atoms with Gasteiger partial charge in [0.25, 0.3) is 0 Å². The number of rotatable bonds is 5. The van der Waals surface area contributed by atoms with Crippen molar-refractivity contribution >= 4 is 0 Å². The number of benzene rings is 1. The number of hydrogen-bond donors (Lipinski definition) is 1. The molecule has 100 valence electrons. The van der Waals surface area contributed by atoms with Gasteiger partial charge in [0.05, 0.1) is 6.10 Å². The zero-order valence-electron chi connectivity index (χ0n) is 11.6. The Morgan fingerprint density at radius 3 is 2.17 bits per heavy atom. The lowest BCUT2D eigenvalue weighted by Gasteiger charge is -2.38. The predicted octanol–water partition coefficient (Wildman–Crippen LogP) is 2.64. The lowest BCUT2D eigenvalue weighted by molar-refractivity contribution is 0.0423. The van der Waals surface area contributed by atoms with Crippen LogP contribution >= 0.6 is 0 Å². The fourth-order valence-electron chi connectivity index (χ4n) is 3.07. The first-order chi connectivity index (χ1) is 8.76. The smallest absolute Gasteiger partial charge is 0.0738 e. The molecular weight excluding hydrogens is 222 g/mol. The van der Waals surface area contributed by atoms with Gasteiger partial charge in [-0.3, -0.25) is 4.90 Å². The Balaban J connectivity index is 2.14. The molecule has 2 rings (SSSR count). The topological polar surface area (TPSA) is 23.5 Å². The minimum absolute atomic E-state index is 0.210. The molecule has 0 aromatic heterocycles. The molecule has 0 amide bonds. The van der Waals surface area contributed by atoms with Crippen LogP contribution in [0.15, 0.2) is 24.3 Å². The highest BCUT2D eigenvalue weighted by molar-refractivity contribution is 5.31. The maximum Gasteiger partial charge on any atom is 0.0738 e. The third-order valence-corrected chi connectivity index (χ3v) is 3.91.